The fourth-order valence-corrected chi connectivity index (χ4v) is 2.71. The molecule has 0 saturated heterocycles. The SMILES string of the molecule is CCN(CC)C(=O)/C=C/c1c(C)nn(Cc2ccccc2)c1Cl. The van der Waals surface area contributed by atoms with Gasteiger partial charge in [0.2, 0.25) is 5.91 Å². The highest BCUT2D eigenvalue weighted by molar-refractivity contribution is 6.31. The van der Waals surface area contributed by atoms with Crippen molar-refractivity contribution < 1.29 is 4.79 Å². The van der Waals surface area contributed by atoms with Crippen molar-refractivity contribution in [3.8, 4) is 0 Å². The fraction of sp³-hybridized carbons (Fsp3) is 0.333. The molecule has 1 aromatic heterocycles. The monoisotopic (exact) mass is 331 g/mol. The Hall–Kier alpha value is -2.07. The van der Waals surface area contributed by atoms with E-state index in [-0.39, 0.29) is 5.91 Å². The zero-order valence-corrected chi connectivity index (χ0v) is 14.5. The Kier molecular flexibility index (Phi) is 5.99. The first-order valence-corrected chi connectivity index (χ1v) is 8.18. The van der Waals surface area contributed by atoms with Crippen molar-refractivity contribution in [2.24, 2.45) is 0 Å². The van der Waals surface area contributed by atoms with Crippen molar-refractivity contribution >= 4 is 23.6 Å². The molecule has 1 heterocycles. The first kappa shape index (κ1) is 17.3. The molecular formula is C18H22ClN3O. The van der Waals surface area contributed by atoms with Crippen LogP contribution in [0.15, 0.2) is 36.4 Å². The Bertz CT molecular complexity index is 688. The van der Waals surface area contributed by atoms with Crippen molar-refractivity contribution in [1.82, 2.24) is 14.7 Å². The summed E-state index contributed by atoms with van der Waals surface area (Å²) in [5.74, 6) is -0.0127. The third-order valence-electron chi connectivity index (χ3n) is 3.75. The van der Waals surface area contributed by atoms with Gasteiger partial charge in [0.15, 0.2) is 0 Å². The number of carbonyl (C=O) groups is 1. The third kappa shape index (κ3) is 4.23. The largest absolute Gasteiger partial charge is 0.340 e. The van der Waals surface area contributed by atoms with Gasteiger partial charge in [-0.1, -0.05) is 41.9 Å². The zero-order chi connectivity index (χ0) is 16.8. The lowest BCUT2D eigenvalue weighted by atomic mass is 10.2. The van der Waals surface area contributed by atoms with E-state index < -0.39 is 0 Å². The highest BCUT2D eigenvalue weighted by Gasteiger charge is 2.12. The summed E-state index contributed by atoms with van der Waals surface area (Å²) in [6.07, 6.45) is 3.32. The number of aromatic nitrogens is 2. The summed E-state index contributed by atoms with van der Waals surface area (Å²) in [4.78, 5) is 13.8. The summed E-state index contributed by atoms with van der Waals surface area (Å²) in [5, 5.41) is 5.03. The molecule has 0 aliphatic rings. The molecule has 122 valence electrons. The Morgan fingerprint density at radius 2 is 1.91 bits per heavy atom. The normalized spacial score (nSPS) is 11.1. The van der Waals surface area contributed by atoms with Gasteiger partial charge in [0, 0.05) is 24.7 Å². The van der Waals surface area contributed by atoms with Crippen molar-refractivity contribution in [1.29, 1.82) is 0 Å². The van der Waals surface area contributed by atoms with Crippen LogP contribution in [-0.2, 0) is 11.3 Å². The molecule has 2 rings (SSSR count). The number of amides is 1. The second-order valence-electron chi connectivity index (χ2n) is 5.28. The third-order valence-corrected chi connectivity index (χ3v) is 4.15. The predicted molar refractivity (Wildman–Crippen MR) is 94.5 cm³/mol. The van der Waals surface area contributed by atoms with Gasteiger partial charge in [0.1, 0.15) is 5.15 Å². The molecule has 0 spiro atoms. The second-order valence-corrected chi connectivity index (χ2v) is 5.64. The average Bonchev–Trinajstić information content (AvgIpc) is 2.81. The summed E-state index contributed by atoms with van der Waals surface area (Å²) >= 11 is 6.43. The summed E-state index contributed by atoms with van der Waals surface area (Å²) in [6, 6.07) is 10.0. The number of rotatable bonds is 6. The standard InChI is InChI=1S/C18H22ClN3O/c1-4-21(5-2)17(23)12-11-16-14(3)20-22(18(16)19)13-15-9-7-6-8-10-15/h6-12H,4-5,13H2,1-3H3/b12-11+. The number of carbonyl (C=O) groups excluding carboxylic acids is 1. The van der Waals surface area contributed by atoms with Gasteiger partial charge >= 0.3 is 0 Å². The van der Waals surface area contributed by atoms with Gasteiger partial charge in [-0.2, -0.15) is 5.10 Å². The van der Waals surface area contributed by atoms with E-state index in [0.29, 0.717) is 24.8 Å². The maximum atomic E-state index is 12.1. The molecule has 1 amide bonds. The summed E-state index contributed by atoms with van der Waals surface area (Å²) < 4.78 is 1.76. The molecular weight excluding hydrogens is 310 g/mol. The first-order valence-electron chi connectivity index (χ1n) is 7.80. The van der Waals surface area contributed by atoms with Gasteiger partial charge < -0.3 is 4.90 Å². The van der Waals surface area contributed by atoms with Gasteiger partial charge in [-0.3, -0.25) is 4.79 Å². The van der Waals surface area contributed by atoms with Crippen LogP contribution in [0.25, 0.3) is 6.08 Å². The Morgan fingerprint density at radius 3 is 2.52 bits per heavy atom. The second kappa shape index (κ2) is 7.97. The fourth-order valence-electron chi connectivity index (χ4n) is 2.41. The predicted octanol–water partition coefficient (Wildman–Crippen LogP) is 3.77. The molecule has 0 unspecified atom stereocenters. The van der Waals surface area contributed by atoms with Crippen molar-refractivity contribution in [3.63, 3.8) is 0 Å². The minimum absolute atomic E-state index is 0.0127. The van der Waals surface area contributed by atoms with Crippen LogP contribution in [0.4, 0.5) is 0 Å². The van der Waals surface area contributed by atoms with E-state index in [2.05, 4.69) is 5.10 Å². The van der Waals surface area contributed by atoms with E-state index >= 15 is 0 Å². The van der Waals surface area contributed by atoms with Gasteiger partial charge in [-0.15, -0.1) is 0 Å². The summed E-state index contributed by atoms with van der Waals surface area (Å²) in [5.41, 5.74) is 2.74. The minimum Gasteiger partial charge on any atom is -0.340 e. The topological polar surface area (TPSA) is 38.1 Å². The number of aryl methyl sites for hydroxylation is 1. The molecule has 0 saturated carbocycles. The van der Waals surface area contributed by atoms with Crippen molar-refractivity contribution in [2.75, 3.05) is 13.1 Å². The van der Waals surface area contributed by atoms with Crippen molar-refractivity contribution in [2.45, 2.75) is 27.3 Å². The maximum Gasteiger partial charge on any atom is 0.246 e. The molecule has 0 atom stereocenters. The molecule has 0 radical (unpaired) electrons. The van der Waals surface area contributed by atoms with Gasteiger partial charge in [-0.05, 0) is 32.4 Å². The molecule has 0 fully saturated rings. The highest BCUT2D eigenvalue weighted by atomic mass is 35.5. The maximum absolute atomic E-state index is 12.1. The Morgan fingerprint density at radius 1 is 1.26 bits per heavy atom. The average molecular weight is 332 g/mol. The van der Waals surface area contributed by atoms with E-state index in [4.69, 9.17) is 11.6 Å². The highest BCUT2D eigenvalue weighted by Crippen LogP contribution is 2.22. The summed E-state index contributed by atoms with van der Waals surface area (Å²) in [6.45, 7) is 7.82. The number of nitrogens with zero attached hydrogens (tertiary/aromatic N) is 3. The smallest absolute Gasteiger partial charge is 0.246 e. The van der Waals surface area contributed by atoms with Crippen LogP contribution in [0.1, 0.15) is 30.7 Å². The lowest BCUT2D eigenvalue weighted by molar-refractivity contribution is -0.125. The van der Waals surface area contributed by atoms with E-state index in [1.807, 2.05) is 51.1 Å². The van der Waals surface area contributed by atoms with Crippen molar-refractivity contribution in [3.05, 3.63) is 58.4 Å². The Balaban J connectivity index is 2.19. The van der Waals surface area contributed by atoms with E-state index in [1.54, 1.807) is 21.7 Å². The molecule has 0 bridgehead atoms. The molecule has 0 aliphatic heterocycles. The van der Waals surface area contributed by atoms with Gasteiger partial charge in [0.05, 0.1) is 12.2 Å². The number of hydrogen-bond donors (Lipinski definition) is 0. The van der Waals surface area contributed by atoms with Crippen LogP contribution >= 0.6 is 11.6 Å². The lowest BCUT2D eigenvalue weighted by Gasteiger charge is -2.15. The summed E-state index contributed by atoms with van der Waals surface area (Å²) in [7, 11) is 0. The quantitative estimate of drug-likeness (QED) is 0.756. The van der Waals surface area contributed by atoms with Gasteiger partial charge in [-0.25, -0.2) is 4.68 Å². The first-order chi connectivity index (χ1) is 11.1. The van der Waals surface area contributed by atoms with E-state index in [1.165, 1.54) is 0 Å². The molecule has 5 heteroatoms. The number of likely N-dealkylation sites (N-methyl/N-ethyl adjacent to an activating group) is 1. The minimum atomic E-state index is -0.0127. The van der Waals surface area contributed by atoms with Crippen LogP contribution in [0.2, 0.25) is 5.15 Å². The molecule has 0 N–H and O–H groups in total. The van der Waals surface area contributed by atoms with Crippen LogP contribution in [0.3, 0.4) is 0 Å². The van der Waals surface area contributed by atoms with Crippen LogP contribution in [0, 0.1) is 6.92 Å². The van der Waals surface area contributed by atoms with Crippen LogP contribution in [-0.4, -0.2) is 33.7 Å². The van der Waals surface area contributed by atoms with Crippen LogP contribution in [0.5, 0.6) is 0 Å². The van der Waals surface area contributed by atoms with E-state index in [9.17, 15) is 4.79 Å². The molecule has 0 aliphatic carbocycles. The van der Waals surface area contributed by atoms with Gasteiger partial charge in [0.25, 0.3) is 0 Å². The number of hydrogen-bond acceptors (Lipinski definition) is 2. The molecule has 2 aromatic rings. The number of halogens is 1. The molecule has 4 nitrogen and oxygen atoms in total. The Labute approximate surface area is 142 Å². The zero-order valence-electron chi connectivity index (χ0n) is 13.8. The lowest BCUT2D eigenvalue weighted by Crippen LogP contribution is -2.28. The molecule has 1 aromatic carbocycles. The number of benzene rings is 1. The molecule has 23 heavy (non-hydrogen) atoms. The van der Waals surface area contributed by atoms with E-state index in [0.717, 1.165) is 16.8 Å². The van der Waals surface area contributed by atoms with Crippen LogP contribution < -0.4 is 0 Å².